The maximum atomic E-state index is 12.4. The molecular formula is C17H27BrIN3O2S. The smallest absolute Gasteiger partial charge is 0.193 e. The van der Waals surface area contributed by atoms with Gasteiger partial charge in [-0.1, -0.05) is 22.9 Å². The van der Waals surface area contributed by atoms with Crippen molar-refractivity contribution in [1.29, 1.82) is 0 Å². The summed E-state index contributed by atoms with van der Waals surface area (Å²) in [6.07, 6.45) is 2.31. The van der Waals surface area contributed by atoms with Crippen molar-refractivity contribution < 1.29 is 8.42 Å². The Morgan fingerprint density at radius 2 is 1.88 bits per heavy atom. The average molecular weight is 544 g/mol. The zero-order valence-corrected chi connectivity index (χ0v) is 19.5. The summed E-state index contributed by atoms with van der Waals surface area (Å²) in [5, 5.41) is 3.28. The molecule has 5 nitrogen and oxygen atoms in total. The van der Waals surface area contributed by atoms with E-state index in [1.165, 1.54) is 0 Å². The molecule has 1 aliphatic heterocycles. The van der Waals surface area contributed by atoms with E-state index in [1.807, 2.05) is 6.92 Å². The van der Waals surface area contributed by atoms with Gasteiger partial charge in [-0.3, -0.25) is 4.99 Å². The minimum Gasteiger partial charge on any atom is -0.357 e. The lowest BCUT2D eigenvalue weighted by molar-refractivity contribution is 0.273. The molecule has 0 saturated carbocycles. The first-order valence-corrected chi connectivity index (χ1v) is 10.9. The topological polar surface area (TPSA) is 61.8 Å². The molecular weight excluding hydrogens is 517 g/mol. The molecule has 0 aliphatic carbocycles. The van der Waals surface area contributed by atoms with E-state index in [9.17, 15) is 8.42 Å². The highest BCUT2D eigenvalue weighted by molar-refractivity contribution is 14.0. The standard InChI is InChI=1S/C17H26BrN3O2S.HI/c1-3-19-17(21-11-8-14(2)9-12-21)20-10-13-24(22,23)16-6-4-15(18)5-7-16;/h4-7,14H,3,8-13H2,1-2H3,(H,19,20);1H. The minimum atomic E-state index is -3.30. The van der Waals surface area contributed by atoms with E-state index in [2.05, 4.69) is 38.1 Å². The third-order valence-corrected chi connectivity index (χ3v) is 6.45. The Hall–Kier alpha value is -0.350. The van der Waals surface area contributed by atoms with Crippen LogP contribution in [0.25, 0.3) is 0 Å². The second-order valence-corrected chi connectivity index (χ2v) is 9.20. The van der Waals surface area contributed by atoms with E-state index in [1.54, 1.807) is 24.3 Å². The van der Waals surface area contributed by atoms with E-state index < -0.39 is 9.84 Å². The molecule has 2 rings (SSSR count). The number of halogens is 2. The normalized spacial score (nSPS) is 16.4. The number of piperidine rings is 1. The van der Waals surface area contributed by atoms with Crippen LogP contribution < -0.4 is 5.32 Å². The third kappa shape index (κ3) is 7.05. The predicted molar refractivity (Wildman–Crippen MR) is 118 cm³/mol. The number of aliphatic imine (C=N–C) groups is 1. The van der Waals surface area contributed by atoms with Gasteiger partial charge in [-0.15, -0.1) is 24.0 Å². The summed E-state index contributed by atoms with van der Waals surface area (Å²) in [6, 6.07) is 6.74. The molecule has 0 spiro atoms. The summed E-state index contributed by atoms with van der Waals surface area (Å²) in [7, 11) is -3.30. The number of nitrogens with zero attached hydrogens (tertiary/aromatic N) is 2. The lowest BCUT2D eigenvalue weighted by Gasteiger charge is -2.33. The summed E-state index contributed by atoms with van der Waals surface area (Å²) in [6.45, 7) is 7.31. The van der Waals surface area contributed by atoms with Crippen LogP contribution in [0.5, 0.6) is 0 Å². The number of rotatable bonds is 5. The fourth-order valence-corrected chi connectivity index (χ4v) is 4.06. The first kappa shape index (κ1) is 22.7. The first-order valence-electron chi connectivity index (χ1n) is 8.44. The Balaban J connectivity index is 0.00000312. The van der Waals surface area contributed by atoms with Crippen LogP contribution >= 0.6 is 39.9 Å². The number of guanidine groups is 1. The molecule has 1 aromatic carbocycles. The summed E-state index contributed by atoms with van der Waals surface area (Å²) in [5.74, 6) is 1.60. The zero-order valence-electron chi connectivity index (χ0n) is 14.7. The number of hydrogen-bond donors (Lipinski definition) is 1. The van der Waals surface area contributed by atoms with Crippen LogP contribution in [0, 0.1) is 5.92 Å². The molecule has 1 saturated heterocycles. The quantitative estimate of drug-likeness (QED) is 0.350. The zero-order chi connectivity index (χ0) is 17.6. The number of benzene rings is 1. The Morgan fingerprint density at radius 3 is 2.44 bits per heavy atom. The maximum Gasteiger partial charge on any atom is 0.193 e. The monoisotopic (exact) mass is 543 g/mol. The number of likely N-dealkylation sites (tertiary alicyclic amines) is 1. The molecule has 0 atom stereocenters. The van der Waals surface area contributed by atoms with Crippen molar-refractivity contribution in [1.82, 2.24) is 10.2 Å². The fraction of sp³-hybridized carbons (Fsp3) is 0.588. The Morgan fingerprint density at radius 1 is 1.28 bits per heavy atom. The van der Waals surface area contributed by atoms with Crippen molar-refractivity contribution in [2.75, 3.05) is 31.9 Å². The van der Waals surface area contributed by atoms with Crippen LogP contribution in [0.4, 0.5) is 0 Å². The van der Waals surface area contributed by atoms with Crippen LogP contribution in [-0.4, -0.2) is 51.2 Å². The molecule has 0 radical (unpaired) electrons. The molecule has 0 amide bonds. The van der Waals surface area contributed by atoms with Gasteiger partial charge >= 0.3 is 0 Å². The molecule has 1 aromatic rings. The number of sulfone groups is 1. The second kappa shape index (κ2) is 10.7. The minimum absolute atomic E-state index is 0. The van der Waals surface area contributed by atoms with Crippen molar-refractivity contribution in [3.8, 4) is 0 Å². The lowest BCUT2D eigenvalue weighted by Crippen LogP contribution is -2.45. The molecule has 25 heavy (non-hydrogen) atoms. The maximum absolute atomic E-state index is 12.4. The van der Waals surface area contributed by atoms with Crippen molar-refractivity contribution in [3.63, 3.8) is 0 Å². The van der Waals surface area contributed by atoms with Gasteiger partial charge in [0.15, 0.2) is 15.8 Å². The van der Waals surface area contributed by atoms with Gasteiger partial charge < -0.3 is 10.2 Å². The second-order valence-electron chi connectivity index (χ2n) is 6.18. The van der Waals surface area contributed by atoms with E-state index in [4.69, 9.17) is 0 Å². The molecule has 0 unspecified atom stereocenters. The van der Waals surface area contributed by atoms with Gasteiger partial charge in [0.25, 0.3) is 0 Å². The Bertz CT molecular complexity index is 657. The summed E-state index contributed by atoms with van der Waals surface area (Å²) in [5.41, 5.74) is 0. The number of hydrogen-bond acceptors (Lipinski definition) is 3. The molecule has 0 aromatic heterocycles. The van der Waals surface area contributed by atoms with Crippen LogP contribution in [-0.2, 0) is 9.84 Å². The van der Waals surface area contributed by atoms with E-state index >= 15 is 0 Å². The largest absolute Gasteiger partial charge is 0.357 e. The predicted octanol–water partition coefficient (Wildman–Crippen LogP) is 3.54. The number of nitrogens with one attached hydrogen (secondary N) is 1. The van der Waals surface area contributed by atoms with Gasteiger partial charge in [0, 0.05) is 24.1 Å². The fourth-order valence-electron chi connectivity index (χ4n) is 2.68. The first-order chi connectivity index (χ1) is 11.4. The highest BCUT2D eigenvalue weighted by Crippen LogP contribution is 2.17. The summed E-state index contributed by atoms with van der Waals surface area (Å²) >= 11 is 3.32. The molecule has 1 N–H and O–H groups in total. The van der Waals surface area contributed by atoms with Crippen LogP contribution in [0.3, 0.4) is 0 Å². The van der Waals surface area contributed by atoms with E-state index in [-0.39, 0.29) is 36.3 Å². The molecule has 1 aliphatic rings. The van der Waals surface area contributed by atoms with E-state index in [0.717, 1.165) is 48.8 Å². The van der Waals surface area contributed by atoms with Crippen molar-refractivity contribution in [2.24, 2.45) is 10.9 Å². The van der Waals surface area contributed by atoms with Gasteiger partial charge in [0.2, 0.25) is 0 Å². The van der Waals surface area contributed by atoms with E-state index in [0.29, 0.717) is 4.90 Å². The van der Waals surface area contributed by atoms with Crippen molar-refractivity contribution >= 4 is 55.7 Å². The van der Waals surface area contributed by atoms with Crippen molar-refractivity contribution in [3.05, 3.63) is 28.7 Å². The Labute approximate surface area is 176 Å². The summed E-state index contributed by atoms with van der Waals surface area (Å²) < 4.78 is 25.6. The van der Waals surface area contributed by atoms with Gasteiger partial charge in [0.1, 0.15) is 0 Å². The van der Waals surface area contributed by atoms with Gasteiger partial charge in [-0.2, -0.15) is 0 Å². The Kier molecular flexibility index (Phi) is 9.73. The molecule has 0 bridgehead atoms. The van der Waals surface area contributed by atoms with Crippen molar-refractivity contribution in [2.45, 2.75) is 31.6 Å². The summed E-state index contributed by atoms with van der Waals surface area (Å²) in [4.78, 5) is 7.11. The SMILES string of the molecule is CCNC(=NCCS(=O)(=O)c1ccc(Br)cc1)N1CCC(C)CC1.I. The van der Waals surface area contributed by atoms with Gasteiger partial charge in [0.05, 0.1) is 17.2 Å². The van der Waals surface area contributed by atoms with Gasteiger partial charge in [-0.25, -0.2) is 8.42 Å². The van der Waals surface area contributed by atoms with Gasteiger partial charge in [-0.05, 0) is 49.9 Å². The highest BCUT2D eigenvalue weighted by atomic mass is 127. The molecule has 8 heteroatoms. The molecule has 142 valence electrons. The third-order valence-electron chi connectivity index (χ3n) is 4.21. The van der Waals surface area contributed by atoms with Crippen LogP contribution in [0.1, 0.15) is 26.7 Å². The van der Waals surface area contributed by atoms with Crippen LogP contribution in [0.15, 0.2) is 38.6 Å². The van der Waals surface area contributed by atoms with Crippen LogP contribution in [0.2, 0.25) is 0 Å². The lowest BCUT2D eigenvalue weighted by atomic mass is 10.00. The molecule has 1 fully saturated rings. The molecule has 1 heterocycles. The highest BCUT2D eigenvalue weighted by Gasteiger charge is 2.19. The average Bonchev–Trinajstić information content (AvgIpc) is 2.55.